The zero-order chi connectivity index (χ0) is 8.93. The fourth-order valence-corrected chi connectivity index (χ4v) is 1.21. The van der Waals surface area contributed by atoms with Crippen molar-refractivity contribution in [1.82, 2.24) is 0 Å². The Morgan fingerprint density at radius 1 is 0.571 bits per heavy atom. The van der Waals surface area contributed by atoms with Crippen molar-refractivity contribution in [3.8, 4) is 0 Å². The van der Waals surface area contributed by atoms with Gasteiger partial charge in [0.2, 0.25) is 0 Å². The molecule has 0 saturated heterocycles. The van der Waals surface area contributed by atoms with Crippen LogP contribution in [0.4, 0.5) is 11.4 Å². The standard InChI is InChI=1S/C12H11N.Ti/c1-3-7-11(8-4-1)13-12-9-5-2-6-10-12;/h1-10,13H;. The third kappa shape index (κ3) is 3.02. The van der Waals surface area contributed by atoms with E-state index in [0.717, 1.165) is 11.4 Å². The fourth-order valence-electron chi connectivity index (χ4n) is 1.21. The van der Waals surface area contributed by atoms with Gasteiger partial charge < -0.3 is 5.32 Å². The average Bonchev–Trinajstić information content (AvgIpc) is 2.21. The second kappa shape index (κ2) is 5.64. The minimum Gasteiger partial charge on any atom is -0.356 e. The Labute approximate surface area is 99.0 Å². The molecule has 0 atom stereocenters. The summed E-state index contributed by atoms with van der Waals surface area (Å²) in [4.78, 5) is 0. The Bertz CT molecular complexity index is 321. The molecule has 0 aliphatic rings. The normalized spacial score (nSPS) is 8.86. The summed E-state index contributed by atoms with van der Waals surface area (Å²) in [6, 6.07) is 20.3. The molecule has 0 aromatic heterocycles. The molecular formula is C12H11NTi. The molecule has 0 bridgehead atoms. The summed E-state index contributed by atoms with van der Waals surface area (Å²) in [7, 11) is 0. The van der Waals surface area contributed by atoms with Gasteiger partial charge in [-0.15, -0.1) is 0 Å². The summed E-state index contributed by atoms with van der Waals surface area (Å²) in [5, 5.41) is 3.30. The van der Waals surface area contributed by atoms with Crippen molar-refractivity contribution in [2.75, 3.05) is 5.32 Å². The molecule has 68 valence electrons. The second-order valence-corrected chi connectivity index (χ2v) is 2.86. The van der Waals surface area contributed by atoms with Gasteiger partial charge in [-0.05, 0) is 24.3 Å². The van der Waals surface area contributed by atoms with E-state index in [1.54, 1.807) is 0 Å². The predicted molar refractivity (Wildman–Crippen MR) is 56.2 cm³/mol. The maximum atomic E-state index is 3.30. The first-order valence-corrected chi connectivity index (χ1v) is 4.32. The molecule has 14 heavy (non-hydrogen) atoms. The van der Waals surface area contributed by atoms with Gasteiger partial charge >= 0.3 is 0 Å². The van der Waals surface area contributed by atoms with Crippen molar-refractivity contribution in [2.45, 2.75) is 0 Å². The van der Waals surface area contributed by atoms with Crippen LogP contribution >= 0.6 is 0 Å². The third-order valence-corrected chi connectivity index (χ3v) is 1.84. The largest absolute Gasteiger partial charge is 0.356 e. The van der Waals surface area contributed by atoms with Crippen LogP contribution in [0.5, 0.6) is 0 Å². The van der Waals surface area contributed by atoms with E-state index in [1.165, 1.54) is 0 Å². The van der Waals surface area contributed by atoms with Crippen molar-refractivity contribution < 1.29 is 21.7 Å². The predicted octanol–water partition coefficient (Wildman–Crippen LogP) is 3.43. The summed E-state index contributed by atoms with van der Waals surface area (Å²) in [6.45, 7) is 0. The summed E-state index contributed by atoms with van der Waals surface area (Å²) in [6.07, 6.45) is 0. The number of benzene rings is 2. The van der Waals surface area contributed by atoms with E-state index in [4.69, 9.17) is 0 Å². The van der Waals surface area contributed by atoms with Crippen LogP contribution < -0.4 is 5.32 Å². The van der Waals surface area contributed by atoms with E-state index in [1.807, 2.05) is 60.7 Å². The van der Waals surface area contributed by atoms with Gasteiger partial charge in [0.05, 0.1) is 0 Å². The van der Waals surface area contributed by atoms with E-state index in [0.29, 0.717) is 0 Å². The summed E-state index contributed by atoms with van der Waals surface area (Å²) in [5.41, 5.74) is 2.24. The number of anilines is 2. The number of rotatable bonds is 2. The zero-order valence-corrected chi connectivity index (χ0v) is 9.34. The summed E-state index contributed by atoms with van der Waals surface area (Å²) >= 11 is 0. The van der Waals surface area contributed by atoms with Gasteiger partial charge in [0.25, 0.3) is 0 Å². The molecule has 0 spiro atoms. The molecule has 0 amide bonds. The molecule has 0 aliphatic heterocycles. The topological polar surface area (TPSA) is 12.0 Å². The zero-order valence-electron chi connectivity index (χ0n) is 7.77. The molecule has 0 unspecified atom stereocenters. The van der Waals surface area contributed by atoms with Gasteiger partial charge in [-0.1, -0.05) is 36.4 Å². The van der Waals surface area contributed by atoms with Gasteiger partial charge in [0.15, 0.2) is 0 Å². The SMILES string of the molecule is [Ti].c1ccc(Nc2ccccc2)cc1. The van der Waals surface area contributed by atoms with Crippen LogP contribution in [0.25, 0.3) is 0 Å². The van der Waals surface area contributed by atoms with Crippen molar-refractivity contribution >= 4 is 11.4 Å². The number of nitrogens with one attached hydrogen (secondary N) is 1. The second-order valence-electron chi connectivity index (χ2n) is 2.86. The average molecular weight is 217 g/mol. The number of para-hydroxylation sites is 2. The van der Waals surface area contributed by atoms with Crippen LogP contribution in [0.2, 0.25) is 0 Å². The van der Waals surface area contributed by atoms with Crippen LogP contribution in [0.1, 0.15) is 0 Å². The molecule has 0 fully saturated rings. The fraction of sp³-hybridized carbons (Fsp3) is 0. The molecular weight excluding hydrogens is 206 g/mol. The van der Waals surface area contributed by atoms with E-state index in [9.17, 15) is 0 Å². The maximum Gasteiger partial charge on any atom is 0.0384 e. The Morgan fingerprint density at radius 3 is 1.29 bits per heavy atom. The molecule has 2 heteroatoms. The Kier molecular flexibility index (Phi) is 4.44. The molecule has 0 radical (unpaired) electrons. The Balaban J connectivity index is 0.000000980. The van der Waals surface area contributed by atoms with Crippen molar-refractivity contribution in [3.05, 3.63) is 60.7 Å². The van der Waals surface area contributed by atoms with Gasteiger partial charge in [0.1, 0.15) is 0 Å². The van der Waals surface area contributed by atoms with E-state index >= 15 is 0 Å². The molecule has 2 aromatic rings. The summed E-state index contributed by atoms with van der Waals surface area (Å²) < 4.78 is 0. The van der Waals surface area contributed by atoms with E-state index in [-0.39, 0.29) is 21.7 Å². The van der Waals surface area contributed by atoms with Gasteiger partial charge in [-0.3, -0.25) is 0 Å². The summed E-state index contributed by atoms with van der Waals surface area (Å²) in [5.74, 6) is 0. The minimum atomic E-state index is 0. The molecule has 2 rings (SSSR count). The van der Waals surface area contributed by atoms with E-state index < -0.39 is 0 Å². The van der Waals surface area contributed by atoms with E-state index in [2.05, 4.69) is 5.32 Å². The first-order chi connectivity index (χ1) is 6.45. The molecule has 1 N–H and O–H groups in total. The Morgan fingerprint density at radius 2 is 0.929 bits per heavy atom. The quantitative estimate of drug-likeness (QED) is 0.760. The van der Waals surface area contributed by atoms with Crippen molar-refractivity contribution in [1.29, 1.82) is 0 Å². The van der Waals surface area contributed by atoms with Crippen LogP contribution in [0.15, 0.2) is 60.7 Å². The number of hydrogen-bond acceptors (Lipinski definition) is 1. The van der Waals surface area contributed by atoms with Crippen LogP contribution in [0.3, 0.4) is 0 Å². The van der Waals surface area contributed by atoms with Gasteiger partial charge in [-0.2, -0.15) is 0 Å². The molecule has 2 aromatic carbocycles. The maximum absolute atomic E-state index is 3.30. The van der Waals surface area contributed by atoms with Gasteiger partial charge in [-0.25, -0.2) is 0 Å². The Hall–Kier alpha value is -1.05. The van der Waals surface area contributed by atoms with Crippen LogP contribution in [-0.4, -0.2) is 0 Å². The minimum absolute atomic E-state index is 0. The molecule has 0 saturated carbocycles. The van der Waals surface area contributed by atoms with Gasteiger partial charge in [0, 0.05) is 33.1 Å². The van der Waals surface area contributed by atoms with Crippen LogP contribution in [0, 0.1) is 0 Å². The van der Waals surface area contributed by atoms with Crippen molar-refractivity contribution in [2.24, 2.45) is 0 Å². The third-order valence-electron chi connectivity index (χ3n) is 1.84. The molecule has 0 heterocycles. The smallest absolute Gasteiger partial charge is 0.0384 e. The first-order valence-electron chi connectivity index (χ1n) is 4.32. The van der Waals surface area contributed by atoms with Crippen LogP contribution in [-0.2, 0) is 21.7 Å². The monoisotopic (exact) mass is 217 g/mol. The molecule has 1 nitrogen and oxygen atoms in total. The first kappa shape index (κ1) is 11.0. The molecule has 0 aliphatic carbocycles. The van der Waals surface area contributed by atoms with Crippen molar-refractivity contribution in [3.63, 3.8) is 0 Å². The number of hydrogen-bond donors (Lipinski definition) is 1.